The molecule has 0 heterocycles. The highest BCUT2D eigenvalue weighted by atomic mass is 32.2. The van der Waals surface area contributed by atoms with Crippen molar-refractivity contribution in [2.75, 3.05) is 11.6 Å². The number of rotatable bonds is 4. The van der Waals surface area contributed by atoms with Crippen molar-refractivity contribution in [3.63, 3.8) is 0 Å². The van der Waals surface area contributed by atoms with Crippen molar-refractivity contribution in [1.29, 1.82) is 0 Å². The third kappa shape index (κ3) is 3.24. The molecular weight excluding hydrogens is 233 g/mol. The lowest BCUT2D eigenvalue weighted by Crippen LogP contribution is -2.00. The predicted octanol–water partition coefficient (Wildman–Crippen LogP) is 4.16. The van der Waals surface area contributed by atoms with E-state index in [0.717, 1.165) is 11.3 Å². The van der Waals surface area contributed by atoms with Gasteiger partial charge in [0.05, 0.1) is 0 Å². The number of anilines is 1. The number of benzene rings is 2. The molecule has 0 fully saturated rings. The van der Waals surface area contributed by atoms with Crippen LogP contribution in [0.3, 0.4) is 0 Å². The molecule has 0 saturated carbocycles. The van der Waals surface area contributed by atoms with E-state index in [0.29, 0.717) is 6.54 Å². The van der Waals surface area contributed by atoms with Crippen LogP contribution in [0.15, 0.2) is 53.4 Å². The average Bonchev–Trinajstić information content (AvgIpc) is 2.38. The SMILES string of the molecule is CSc1ccccc1NCc1ccc(F)cc1. The molecule has 0 aliphatic heterocycles. The van der Waals surface area contributed by atoms with Gasteiger partial charge in [0, 0.05) is 17.1 Å². The van der Waals surface area contributed by atoms with Gasteiger partial charge in [-0.15, -0.1) is 11.8 Å². The maximum Gasteiger partial charge on any atom is 0.123 e. The van der Waals surface area contributed by atoms with Gasteiger partial charge in [-0.2, -0.15) is 0 Å². The first-order chi connectivity index (χ1) is 8.29. The Morgan fingerprint density at radius 3 is 2.47 bits per heavy atom. The number of hydrogen-bond donors (Lipinski definition) is 1. The zero-order valence-corrected chi connectivity index (χ0v) is 10.4. The van der Waals surface area contributed by atoms with Gasteiger partial charge < -0.3 is 5.32 Å². The molecule has 3 heteroatoms. The minimum Gasteiger partial charge on any atom is -0.380 e. The highest BCUT2D eigenvalue weighted by Gasteiger charge is 1.99. The van der Waals surface area contributed by atoms with Gasteiger partial charge >= 0.3 is 0 Å². The van der Waals surface area contributed by atoms with Crippen LogP contribution < -0.4 is 5.32 Å². The smallest absolute Gasteiger partial charge is 0.123 e. The summed E-state index contributed by atoms with van der Waals surface area (Å²) in [5.41, 5.74) is 2.19. The number of nitrogens with one attached hydrogen (secondary N) is 1. The van der Waals surface area contributed by atoms with E-state index in [1.54, 1.807) is 23.9 Å². The highest BCUT2D eigenvalue weighted by molar-refractivity contribution is 7.98. The molecule has 1 N–H and O–H groups in total. The summed E-state index contributed by atoms with van der Waals surface area (Å²) < 4.78 is 12.7. The van der Waals surface area contributed by atoms with Crippen molar-refractivity contribution in [1.82, 2.24) is 0 Å². The van der Waals surface area contributed by atoms with E-state index in [9.17, 15) is 4.39 Å². The first kappa shape index (κ1) is 12.0. The first-order valence-corrected chi connectivity index (χ1v) is 6.63. The zero-order chi connectivity index (χ0) is 12.1. The lowest BCUT2D eigenvalue weighted by atomic mass is 10.2. The molecule has 2 aromatic carbocycles. The summed E-state index contributed by atoms with van der Waals surface area (Å²) in [6.07, 6.45) is 2.05. The van der Waals surface area contributed by atoms with Crippen molar-refractivity contribution in [2.45, 2.75) is 11.4 Å². The van der Waals surface area contributed by atoms with Gasteiger partial charge in [0.15, 0.2) is 0 Å². The Balaban J connectivity index is 2.04. The standard InChI is InChI=1S/C14H14FNS/c1-17-14-5-3-2-4-13(14)16-10-11-6-8-12(15)9-7-11/h2-9,16H,10H2,1H3. The van der Waals surface area contributed by atoms with Gasteiger partial charge in [-0.1, -0.05) is 24.3 Å². The molecular formula is C14H14FNS. The maximum atomic E-state index is 12.7. The quantitative estimate of drug-likeness (QED) is 0.814. The number of thioether (sulfide) groups is 1. The molecule has 0 spiro atoms. The Bertz CT molecular complexity index is 482. The van der Waals surface area contributed by atoms with Crippen LogP contribution in [0, 0.1) is 5.82 Å². The van der Waals surface area contributed by atoms with Gasteiger partial charge in [0.2, 0.25) is 0 Å². The summed E-state index contributed by atoms with van der Waals surface area (Å²) in [6, 6.07) is 14.7. The second-order valence-corrected chi connectivity index (χ2v) is 4.53. The van der Waals surface area contributed by atoms with E-state index in [2.05, 4.69) is 23.7 Å². The summed E-state index contributed by atoms with van der Waals surface area (Å²) in [5, 5.41) is 3.36. The highest BCUT2D eigenvalue weighted by Crippen LogP contribution is 2.24. The summed E-state index contributed by atoms with van der Waals surface area (Å²) >= 11 is 1.71. The molecule has 0 unspecified atom stereocenters. The molecule has 0 saturated heterocycles. The van der Waals surface area contributed by atoms with Gasteiger partial charge in [-0.3, -0.25) is 0 Å². The van der Waals surface area contributed by atoms with Crippen molar-refractivity contribution in [3.8, 4) is 0 Å². The Hall–Kier alpha value is -1.48. The fourth-order valence-corrected chi connectivity index (χ4v) is 2.17. The molecule has 2 rings (SSSR count). The monoisotopic (exact) mass is 247 g/mol. The number of hydrogen-bond acceptors (Lipinski definition) is 2. The van der Waals surface area contributed by atoms with Crippen molar-refractivity contribution in [3.05, 3.63) is 59.9 Å². The number of para-hydroxylation sites is 1. The fourth-order valence-electron chi connectivity index (χ4n) is 1.59. The molecule has 0 aliphatic rings. The number of halogens is 1. The molecule has 0 amide bonds. The van der Waals surface area contributed by atoms with Gasteiger partial charge in [0.1, 0.15) is 5.82 Å². The van der Waals surface area contributed by atoms with Gasteiger partial charge in [-0.05, 0) is 36.1 Å². The molecule has 88 valence electrons. The van der Waals surface area contributed by atoms with E-state index in [-0.39, 0.29) is 5.82 Å². The molecule has 0 atom stereocenters. The molecule has 0 aliphatic carbocycles. The first-order valence-electron chi connectivity index (χ1n) is 5.41. The summed E-state index contributed by atoms with van der Waals surface area (Å²) in [4.78, 5) is 1.22. The minimum atomic E-state index is -0.196. The van der Waals surface area contributed by atoms with E-state index >= 15 is 0 Å². The maximum absolute atomic E-state index is 12.7. The van der Waals surface area contributed by atoms with Crippen LogP contribution in [0.1, 0.15) is 5.56 Å². The Morgan fingerprint density at radius 2 is 1.76 bits per heavy atom. The average molecular weight is 247 g/mol. The Morgan fingerprint density at radius 1 is 1.06 bits per heavy atom. The summed E-state index contributed by atoms with van der Waals surface area (Å²) in [7, 11) is 0. The van der Waals surface area contributed by atoms with Crippen LogP contribution >= 0.6 is 11.8 Å². The minimum absolute atomic E-state index is 0.196. The Kier molecular flexibility index (Phi) is 4.04. The van der Waals surface area contributed by atoms with E-state index in [4.69, 9.17) is 0 Å². The normalized spacial score (nSPS) is 10.2. The van der Waals surface area contributed by atoms with Crippen molar-refractivity contribution < 1.29 is 4.39 Å². The lowest BCUT2D eigenvalue weighted by Gasteiger charge is -2.10. The topological polar surface area (TPSA) is 12.0 Å². The van der Waals surface area contributed by atoms with Crippen LogP contribution in [0.25, 0.3) is 0 Å². The molecule has 1 nitrogen and oxygen atoms in total. The van der Waals surface area contributed by atoms with E-state index in [1.807, 2.05) is 12.1 Å². The second kappa shape index (κ2) is 5.73. The van der Waals surface area contributed by atoms with Gasteiger partial charge in [0.25, 0.3) is 0 Å². The second-order valence-electron chi connectivity index (χ2n) is 3.68. The van der Waals surface area contributed by atoms with Crippen LogP contribution in [0.5, 0.6) is 0 Å². The lowest BCUT2D eigenvalue weighted by molar-refractivity contribution is 0.627. The summed E-state index contributed by atoms with van der Waals surface area (Å²) in [6.45, 7) is 0.706. The molecule has 0 aromatic heterocycles. The molecule has 0 radical (unpaired) electrons. The van der Waals surface area contributed by atoms with Crippen LogP contribution in [0.2, 0.25) is 0 Å². The fraction of sp³-hybridized carbons (Fsp3) is 0.143. The predicted molar refractivity (Wildman–Crippen MR) is 71.9 cm³/mol. The van der Waals surface area contributed by atoms with Crippen molar-refractivity contribution >= 4 is 17.4 Å². The van der Waals surface area contributed by atoms with Crippen LogP contribution in [-0.4, -0.2) is 6.26 Å². The van der Waals surface area contributed by atoms with Crippen molar-refractivity contribution in [2.24, 2.45) is 0 Å². The molecule has 0 bridgehead atoms. The van der Waals surface area contributed by atoms with Gasteiger partial charge in [-0.25, -0.2) is 4.39 Å². The van der Waals surface area contributed by atoms with Crippen LogP contribution in [-0.2, 0) is 6.54 Å². The Labute approximate surface area is 105 Å². The molecule has 2 aromatic rings. The molecule has 17 heavy (non-hydrogen) atoms. The van der Waals surface area contributed by atoms with E-state index in [1.165, 1.54) is 17.0 Å². The van der Waals surface area contributed by atoms with E-state index < -0.39 is 0 Å². The largest absolute Gasteiger partial charge is 0.380 e. The zero-order valence-electron chi connectivity index (χ0n) is 9.61. The third-order valence-electron chi connectivity index (χ3n) is 2.50. The van der Waals surface area contributed by atoms with Crippen LogP contribution in [0.4, 0.5) is 10.1 Å². The third-order valence-corrected chi connectivity index (χ3v) is 3.30. The summed E-state index contributed by atoms with van der Waals surface area (Å²) in [5.74, 6) is -0.196.